The molecule has 0 bridgehead atoms. The Morgan fingerprint density at radius 1 is 1.45 bits per heavy atom. The molecule has 0 saturated carbocycles. The standard InChI is InChI=1S/C14H17N3O3/c1-3-7-16-9-13(8-15-16)20-10-12-5-4-6-14(11(12)2)17(18)19/h4-6,8-9H,3,7,10H2,1-2H3. The molecule has 2 rings (SSSR count). The van der Waals surface area contributed by atoms with Crippen LogP contribution in [0.3, 0.4) is 0 Å². The molecule has 1 aromatic heterocycles. The van der Waals surface area contributed by atoms with E-state index in [1.165, 1.54) is 6.07 Å². The predicted octanol–water partition coefficient (Wildman–Crippen LogP) is 3.09. The first-order valence-electron chi connectivity index (χ1n) is 6.50. The highest BCUT2D eigenvalue weighted by Crippen LogP contribution is 2.22. The zero-order valence-corrected chi connectivity index (χ0v) is 11.6. The smallest absolute Gasteiger partial charge is 0.272 e. The van der Waals surface area contributed by atoms with Gasteiger partial charge < -0.3 is 4.74 Å². The van der Waals surface area contributed by atoms with E-state index in [1.54, 1.807) is 19.2 Å². The second-order valence-electron chi connectivity index (χ2n) is 4.55. The van der Waals surface area contributed by atoms with Crippen LogP contribution in [-0.2, 0) is 13.2 Å². The number of aromatic nitrogens is 2. The highest BCUT2D eigenvalue weighted by Gasteiger charge is 2.13. The topological polar surface area (TPSA) is 70.2 Å². The summed E-state index contributed by atoms with van der Waals surface area (Å²) in [5, 5.41) is 15.0. The van der Waals surface area contributed by atoms with Crippen LogP contribution < -0.4 is 4.74 Å². The molecular formula is C14H17N3O3. The minimum Gasteiger partial charge on any atom is -0.486 e. The molecule has 0 fully saturated rings. The molecule has 0 aliphatic carbocycles. The number of nitro groups is 1. The Labute approximate surface area is 117 Å². The largest absolute Gasteiger partial charge is 0.486 e. The first-order chi connectivity index (χ1) is 9.61. The third kappa shape index (κ3) is 3.14. The van der Waals surface area contributed by atoms with Crippen LogP contribution in [0.1, 0.15) is 24.5 Å². The van der Waals surface area contributed by atoms with E-state index in [0.29, 0.717) is 17.9 Å². The molecule has 0 atom stereocenters. The van der Waals surface area contributed by atoms with E-state index in [1.807, 2.05) is 16.9 Å². The van der Waals surface area contributed by atoms with Crippen LogP contribution >= 0.6 is 0 Å². The van der Waals surface area contributed by atoms with Crippen molar-refractivity contribution in [3.63, 3.8) is 0 Å². The number of aryl methyl sites for hydroxylation is 1. The molecule has 106 valence electrons. The van der Waals surface area contributed by atoms with Crippen LogP contribution in [0.5, 0.6) is 5.75 Å². The van der Waals surface area contributed by atoms with Gasteiger partial charge in [-0.25, -0.2) is 0 Å². The van der Waals surface area contributed by atoms with E-state index in [9.17, 15) is 10.1 Å². The fourth-order valence-electron chi connectivity index (χ4n) is 1.96. The minimum absolute atomic E-state index is 0.118. The average molecular weight is 275 g/mol. The quantitative estimate of drug-likeness (QED) is 0.600. The van der Waals surface area contributed by atoms with E-state index in [-0.39, 0.29) is 10.6 Å². The van der Waals surface area contributed by atoms with Crippen LogP contribution in [0.4, 0.5) is 5.69 Å². The first-order valence-corrected chi connectivity index (χ1v) is 6.50. The summed E-state index contributed by atoms with van der Waals surface area (Å²) in [7, 11) is 0. The first kappa shape index (κ1) is 14.0. The Morgan fingerprint density at radius 3 is 2.95 bits per heavy atom. The van der Waals surface area contributed by atoms with E-state index >= 15 is 0 Å². The number of hydrogen-bond acceptors (Lipinski definition) is 4. The zero-order chi connectivity index (χ0) is 14.5. The summed E-state index contributed by atoms with van der Waals surface area (Å²) in [6.07, 6.45) is 4.49. The lowest BCUT2D eigenvalue weighted by atomic mass is 10.1. The molecule has 0 unspecified atom stereocenters. The van der Waals surface area contributed by atoms with Gasteiger partial charge >= 0.3 is 0 Å². The van der Waals surface area contributed by atoms with Crippen LogP contribution in [0.25, 0.3) is 0 Å². The summed E-state index contributed by atoms with van der Waals surface area (Å²) in [5.74, 6) is 0.671. The lowest BCUT2D eigenvalue weighted by Gasteiger charge is -2.07. The highest BCUT2D eigenvalue weighted by atomic mass is 16.6. The van der Waals surface area contributed by atoms with Gasteiger partial charge in [-0.3, -0.25) is 14.8 Å². The summed E-state index contributed by atoms with van der Waals surface area (Å²) in [6, 6.07) is 5.00. The Morgan fingerprint density at radius 2 is 2.25 bits per heavy atom. The molecule has 0 saturated heterocycles. The van der Waals surface area contributed by atoms with Crippen molar-refractivity contribution in [2.45, 2.75) is 33.4 Å². The summed E-state index contributed by atoms with van der Waals surface area (Å²) in [6.45, 7) is 4.95. The Balaban J connectivity index is 2.06. The maximum absolute atomic E-state index is 10.9. The van der Waals surface area contributed by atoms with E-state index in [0.717, 1.165) is 18.5 Å². The van der Waals surface area contributed by atoms with Crippen molar-refractivity contribution in [2.24, 2.45) is 0 Å². The fourth-order valence-corrected chi connectivity index (χ4v) is 1.96. The van der Waals surface area contributed by atoms with E-state index in [4.69, 9.17) is 4.74 Å². The summed E-state index contributed by atoms with van der Waals surface area (Å²) in [5.41, 5.74) is 1.56. The van der Waals surface area contributed by atoms with Crippen molar-refractivity contribution in [3.8, 4) is 5.75 Å². The molecule has 6 heteroatoms. The molecule has 0 spiro atoms. The maximum Gasteiger partial charge on any atom is 0.272 e. The molecule has 0 aliphatic rings. The molecule has 6 nitrogen and oxygen atoms in total. The van der Waals surface area contributed by atoms with Crippen molar-refractivity contribution >= 4 is 5.69 Å². The van der Waals surface area contributed by atoms with Crippen molar-refractivity contribution in [1.82, 2.24) is 9.78 Å². The molecule has 20 heavy (non-hydrogen) atoms. The average Bonchev–Trinajstić information content (AvgIpc) is 2.85. The Bertz CT molecular complexity index is 607. The second-order valence-corrected chi connectivity index (χ2v) is 4.55. The van der Waals surface area contributed by atoms with Gasteiger partial charge in [-0.1, -0.05) is 19.1 Å². The molecule has 1 aromatic carbocycles. The number of hydrogen-bond donors (Lipinski definition) is 0. The molecule has 0 amide bonds. The van der Waals surface area contributed by atoms with Crippen LogP contribution in [-0.4, -0.2) is 14.7 Å². The number of ether oxygens (including phenoxy) is 1. The van der Waals surface area contributed by atoms with Gasteiger partial charge in [0.2, 0.25) is 0 Å². The normalized spacial score (nSPS) is 10.5. The molecular weight excluding hydrogens is 258 g/mol. The predicted molar refractivity (Wildman–Crippen MR) is 74.7 cm³/mol. The van der Waals surface area contributed by atoms with Crippen LogP contribution in [0, 0.1) is 17.0 Å². The number of nitrogens with zero attached hydrogens (tertiary/aromatic N) is 3. The maximum atomic E-state index is 10.9. The third-order valence-corrected chi connectivity index (χ3v) is 3.07. The number of nitro benzene ring substituents is 1. The van der Waals surface area contributed by atoms with Gasteiger partial charge in [0, 0.05) is 18.2 Å². The van der Waals surface area contributed by atoms with Gasteiger partial charge in [-0.2, -0.15) is 5.10 Å². The van der Waals surface area contributed by atoms with Gasteiger partial charge in [0.25, 0.3) is 5.69 Å². The molecule has 0 radical (unpaired) electrons. The van der Waals surface area contributed by atoms with E-state index < -0.39 is 0 Å². The molecule has 2 aromatic rings. The van der Waals surface area contributed by atoms with Gasteiger partial charge in [0.15, 0.2) is 5.75 Å². The summed E-state index contributed by atoms with van der Waals surface area (Å²) in [4.78, 5) is 10.5. The van der Waals surface area contributed by atoms with Crippen molar-refractivity contribution in [1.29, 1.82) is 0 Å². The van der Waals surface area contributed by atoms with Crippen LogP contribution in [0.2, 0.25) is 0 Å². The monoisotopic (exact) mass is 275 g/mol. The van der Waals surface area contributed by atoms with Crippen molar-refractivity contribution in [3.05, 3.63) is 51.8 Å². The number of rotatable bonds is 6. The zero-order valence-electron chi connectivity index (χ0n) is 11.6. The van der Waals surface area contributed by atoms with Gasteiger partial charge in [-0.05, 0) is 18.9 Å². The Kier molecular flexibility index (Phi) is 4.34. The lowest BCUT2D eigenvalue weighted by molar-refractivity contribution is -0.385. The molecule has 1 heterocycles. The highest BCUT2D eigenvalue weighted by molar-refractivity contribution is 5.44. The third-order valence-electron chi connectivity index (χ3n) is 3.07. The Hall–Kier alpha value is -2.37. The van der Waals surface area contributed by atoms with Crippen LogP contribution in [0.15, 0.2) is 30.6 Å². The van der Waals surface area contributed by atoms with Crippen molar-refractivity contribution in [2.75, 3.05) is 0 Å². The molecule has 0 aliphatic heterocycles. The molecule has 0 N–H and O–H groups in total. The summed E-state index contributed by atoms with van der Waals surface area (Å²) >= 11 is 0. The number of benzene rings is 1. The van der Waals surface area contributed by atoms with Gasteiger partial charge in [0.1, 0.15) is 6.61 Å². The van der Waals surface area contributed by atoms with E-state index in [2.05, 4.69) is 12.0 Å². The lowest BCUT2D eigenvalue weighted by Crippen LogP contribution is -2.00. The summed E-state index contributed by atoms with van der Waals surface area (Å²) < 4.78 is 7.44. The second kappa shape index (κ2) is 6.18. The fraction of sp³-hybridized carbons (Fsp3) is 0.357. The SMILES string of the molecule is CCCn1cc(OCc2cccc([N+](=O)[O-])c2C)cn1. The van der Waals surface area contributed by atoms with Gasteiger partial charge in [0.05, 0.1) is 17.3 Å². The van der Waals surface area contributed by atoms with Crippen molar-refractivity contribution < 1.29 is 9.66 Å². The minimum atomic E-state index is -0.377. The van der Waals surface area contributed by atoms with Gasteiger partial charge in [-0.15, -0.1) is 0 Å².